The number of nitrogens with one attached hydrogen (secondary N) is 1. The van der Waals surface area contributed by atoms with E-state index in [-0.39, 0.29) is 0 Å². The number of pyridine rings is 1. The van der Waals surface area contributed by atoms with Crippen LogP contribution in [0.15, 0.2) is 35.1 Å². The zero-order chi connectivity index (χ0) is 11.2. The van der Waals surface area contributed by atoms with Gasteiger partial charge < -0.3 is 9.84 Å². The summed E-state index contributed by atoms with van der Waals surface area (Å²) in [5, 5.41) is 7.29. The molecule has 84 valence electrons. The second-order valence-corrected chi connectivity index (χ2v) is 3.60. The lowest BCUT2D eigenvalue weighted by Gasteiger charge is -1.96. The highest BCUT2D eigenvalue weighted by Gasteiger charge is 2.05. The van der Waals surface area contributed by atoms with Crippen LogP contribution < -0.4 is 5.32 Å². The van der Waals surface area contributed by atoms with E-state index in [9.17, 15) is 0 Å². The summed E-state index contributed by atoms with van der Waals surface area (Å²) < 4.78 is 5.26. The van der Waals surface area contributed by atoms with Crippen molar-refractivity contribution in [2.24, 2.45) is 0 Å². The summed E-state index contributed by atoms with van der Waals surface area (Å²) in [7, 11) is 0. The van der Waals surface area contributed by atoms with Gasteiger partial charge in [0.05, 0.1) is 5.69 Å². The van der Waals surface area contributed by atoms with Crippen molar-refractivity contribution in [1.82, 2.24) is 15.5 Å². The lowest BCUT2D eigenvalue weighted by Crippen LogP contribution is -2.13. The summed E-state index contributed by atoms with van der Waals surface area (Å²) in [4.78, 5) is 3.96. The van der Waals surface area contributed by atoms with Gasteiger partial charge in [-0.25, -0.2) is 0 Å². The van der Waals surface area contributed by atoms with Crippen molar-refractivity contribution in [3.05, 3.63) is 36.3 Å². The van der Waals surface area contributed by atoms with Gasteiger partial charge in [0.2, 0.25) is 0 Å². The van der Waals surface area contributed by atoms with Crippen LogP contribution in [0.4, 0.5) is 0 Å². The van der Waals surface area contributed by atoms with Crippen molar-refractivity contribution in [3.8, 4) is 11.3 Å². The minimum absolute atomic E-state index is 0.752. The molecule has 2 aromatic heterocycles. The van der Waals surface area contributed by atoms with Gasteiger partial charge in [-0.2, -0.15) is 0 Å². The molecule has 0 aliphatic rings. The fraction of sp³-hybridized carbons (Fsp3) is 0.333. The van der Waals surface area contributed by atoms with E-state index in [1.165, 1.54) is 0 Å². The van der Waals surface area contributed by atoms with Crippen LogP contribution in [0, 0.1) is 0 Å². The Labute approximate surface area is 94.7 Å². The summed E-state index contributed by atoms with van der Waals surface area (Å²) in [5.74, 6) is 0.788. The molecule has 0 atom stereocenters. The second-order valence-electron chi connectivity index (χ2n) is 3.60. The van der Waals surface area contributed by atoms with Crippen LogP contribution >= 0.6 is 0 Å². The topological polar surface area (TPSA) is 51.0 Å². The number of nitrogens with zero attached hydrogens (tertiary/aromatic N) is 2. The van der Waals surface area contributed by atoms with Crippen LogP contribution in [0.1, 0.15) is 19.0 Å². The maximum Gasteiger partial charge on any atom is 0.167 e. The van der Waals surface area contributed by atoms with E-state index in [2.05, 4.69) is 22.4 Å². The predicted octanol–water partition coefficient (Wildman–Crippen LogP) is 2.24. The lowest BCUT2D eigenvalue weighted by atomic mass is 10.2. The van der Waals surface area contributed by atoms with E-state index in [0.29, 0.717) is 0 Å². The molecule has 2 heterocycles. The Bertz CT molecular complexity index is 425. The van der Waals surface area contributed by atoms with Crippen molar-refractivity contribution in [2.45, 2.75) is 19.9 Å². The molecule has 4 heteroatoms. The van der Waals surface area contributed by atoms with Gasteiger partial charge in [-0.05, 0) is 25.1 Å². The molecular weight excluding hydrogens is 202 g/mol. The predicted molar refractivity (Wildman–Crippen MR) is 61.7 cm³/mol. The van der Waals surface area contributed by atoms with Gasteiger partial charge in [0.15, 0.2) is 5.76 Å². The molecule has 0 unspecified atom stereocenters. The molecule has 2 aromatic rings. The molecule has 0 bridgehead atoms. The maximum absolute atomic E-state index is 5.26. The molecule has 1 N–H and O–H groups in total. The third-order valence-electron chi connectivity index (χ3n) is 2.26. The summed E-state index contributed by atoms with van der Waals surface area (Å²) in [6.07, 6.45) is 4.61. The van der Waals surface area contributed by atoms with Crippen LogP contribution in [0.2, 0.25) is 0 Å². The molecule has 2 rings (SSSR count). The molecule has 0 aliphatic carbocycles. The second kappa shape index (κ2) is 5.42. The van der Waals surface area contributed by atoms with Crippen LogP contribution in [0.3, 0.4) is 0 Å². The van der Waals surface area contributed by atoms with Gasteiger partial charge in [-0.15, -0.1) is 0 Å². The average Bonchev–Trinajstić information content (AvgIpc) is 2.79. The van der Waals surface area contributed by atoms with Gasteiger partial charge in [0.25, 0.3) is 0 Å². The molecule has 0 spiro atoms. The number of aromatic nitrogens is 2. The molecular formula is C12H15N3O. The molecule has 0 saturated carbocycles. The molecule has 0 saturated heterocycles. The first-order valence-corrected chi connectivity index (χ1v) is 5.47. The minimum Gasteiger partial charge on any atom is -0.356 e. The Morgan fingerprint density at radius 2 is 2.12 bits per heavy atom. The zero-order valence-corrected chi connectivity index (χ0v) is 9.31. The Balaban J connectivity index is 2.02. The zero-order valence-electron chi connectivity index (χ0n) is 9.31. The van der Waals surface area contributed by atoms with Crippen LogP contribution in [-0.2, 0) is 6.54 Å². The van der Waals surface area contributed by atoms with Gasteiger partial charge in [-0.1, -0.05) is 12.1 Å². The first-order valence-electron chi connectivity index (χ1n) is 5.47. The van der Waals surface area contributed by atoms with Crippen LogP contribution in [0.5, 0.6) is 0 Å². The van der Waals surface area contributed by atoms with E-state index in [0.717, 1.165) is 36.5 Å². The highest BCUT2D eigenvalue weighted by molar-refractivity contribution is 5.56. The first kappa shape index (κ1) is 10.8. The highest BCUT2D eigenvalue weighted by Crippen LogP contribution is 2.18. The highest BCUT2D eigenvalue weighted by atomic mass is 16.5. The number of hydrogen-bond donors (Lipinski definition) is 1. The molecule has 4 nitrogen and oxygen atoms in total. The monoisotopic (exact) mass is 217 g/mol. The van der Waals surface area contributed by atoms with E-state index < -0.39 is 0 Å². The SMILES string of the molecule is CCCNCc1cc(-c2ccncc2)on1. The van der Waals surface area contributed by atoms with E-state index in [4.69, 9.17) is 4.52 Å². The number of hydrogen-bond acceptors (Lipinski definition) is 4. The van der Waals surface area contributed by atoms with Crippen LogP contribution in [-0.4, -0.2) is 16.7 Å². The maximum atomic E-state index is 5.26. The molecule has 0 aromatic carbocycles. The van der Waals surface area contributed by atoms with Crippen molar-refractivity contribution < 1.29 is 4.52 Å². The fourth-order valence-corrected chi connectivity index (χ4v) is 1.44. The molecule has 0 aliphatic heterocycles. The van der Waals surface area contributed by atoms with Crippen LogP contribution in [0.25, 0.3) is 11.3 Å². The minimum atomic E-state index is 0.752. The quantitative estimate of drug-likeness (QED) is 0.780. The summed E-state index contributed by atoms with van der Waals surface area (Å²) in [6.45, 7) is 3.89. The third-order valence-corrected chi connectivity index (χ3v) is 2.26. The molecule has 16 heavy (non-hydrogen) atoms. The normalized spacial score (nSPS) is 10.6. The van der Waals surface area contributed by atoms with E-state index >= 15 is 0 Å². The van der Waals surface area contributed by atoms with Gasteiger partial charge in [0, 0.05) is 30.6 Å². The Morgan fingerprint density at radius 1 is 1.31 bits per heavy atom. The Kier molecular flexibility index (Phi) is 3.66. The van der Waals surface area contributed by atoms with E-state index in [1.807, 2.05) is 18.2 Å². The summed E-state index contributed by atoms with van der Waals surface area (Å²) in [6, 6.07) is 5.77. The standard InChI is InChI=1S/C12H15N3O/c1-2-5-14-9-11-8-12(16-15-11)10-3-6-13-7-4-10/h3-4,6-8,14H,2,5,9H2,1H3. The van der Waals surface area contributed by atoms with Crippen molar-refractivity contribution in [2.75, 3.05) is 6.54 Å². The average molecular weight is 217 g/mol. The van der Waals surface area contributed by atoms with Crippen molar-refractivity contribution in [3.63, 3.8) is 0 Å². The fourth-order valence-electron chi connectivity index (χ4n) is 1.44. The van der Waals surface area contributed by atoms with E-state index in [1.54, 1.807) is 12.4 Å². The van der Waals surface area contributed by atoms with Crippen molar-refractivity contribution >= 4 is 0 Å². The Hall–Kier alpha value is -1.68. The Morgan fingerprint density at radius 3 is 2.88 bits per heavy atom. The van der Waals surface area contributed by atoms with Gasteiger partial charge >= 0.3 is 0 Å². The molecule has 0 radical (unpaired) electrons. The smallest absolute Gasteiger partial charge is 0.167 e. The third kappa shape index (κ3) is 2.67. The summed E-state index contributed by atoms with van der Waals surface area (Å²) >= 11 is 0. The van der Waals surface area contributed by atoms with Crippen molar-refractivity contribution in [1.29, 1.82) is 0 Å². The molecule has 0 fully saturated rings. The first-order chi connectivity index (χ1) is 7.90. The van der Waals surface area contributed by atoms with Gasteiger partial charge in [-0.3, -0.25) is 4.98 Å². The molecule has 0 amide bonds. The number of rotatable bonds is 5. The largest absolute Gasteiger partial charge is 0.356 e. The van der Waals surface area contributed by atoms with Gasteiger partial charge in [0.1, 0.15) is 0 Å². The summed E-state index contributed by atoms with van der Waals surface area (Å²) in [5.41, 5.74) is 1.93. The lowest BCUT2D eigenvalue weighted by molar-refractivity contribution is 0.420.